The van der Waals surface area contributed by atoms with E-state index in [9.17, 15) is 0 Å². The van der Waals surface area contributed by atoms with E-state index in [2.05, 4.69) is 79.9 Å². The van der Waals surface area contributed by atoms with Gasteiger partial charge in [-0.2, -0.15) is 0 Å². The van der Waals surface area contributed by atoms with Gasteiger partial charge in [0.1, 0.15) is 0 Å². The zero-order chi connectivity index (χ0) is 17.8. The van der Waals surface area contributed by atoms with E-state index in [0.717, 1.165) is 6.42 Å². The molecule has 2 rings (SSSR count). The minimum Gasteiger partial charge on any atom is -0.413 e. The zero-order valence-electron chi connectivity index (χ0n) is 17.0. The Labute approximate surface area is 146 Å². The summed E-state index contributed by atoms with van der Waals surface area (Å²) in [6.07, 6.45) is 6.51. The molecule has 0 amide bonds. The van der Waals surface area contributed by atoms with Crippen molar-refractivity contribution >= 4 is 16.6 Å². The molecule has 0 saturated heterocycles. The van der Waals surface area contributed by atoms with Crippen LogP contribution in [0.4, 0.5) is 0 Å². The fourth-order valence-corrected chi connectivity index (χ4v) is 5.75. The predicted octanol–water partition coefficient (Wildman–Crippen LogP) is 5.97. The molecule has 0 heterocycles. The fraction of sp³-hybridized carbons (Fsp3) is 0.895. The highest BCUT2D eigenvalue weighted by Crippen LogP contribution is 2.49. The highest BCUT2D eigenvalue weighted by Gasteiger charge is 2.52. The molecule has 1 fully saturated rings. The van der Waals surface area contributed by atoms with Crippen molar-refractivity contribution in [2.75, 3.05) is 0 Å². The maximum absolute atomic E-state index is 6.75. The molecule has 0 aromatic heterocycles. The molecule has 0 aliphatic heterocycles. The average Bonchev–Trinajstić information content (AvgIpc) is 2.42. The Balaban J connectivity index is 2.08. The summed E-state index contributed by atoms with van der Waals surface area (Å²) in [4.78, 5) is 0. The van der Waals surface area contributed by atoms with Gasteiger partial charge < -0.3 is 8.85 Å². The third-order valence-corrected chi connectivity index (χ3v) is 15.8. The number of hydrogen-bond acceptors (Lipinski definition) is 2. The summed E-state index contributed by atoms with van der Waals surface area (Å²) in [7, 11) is -3.42. The molecule has 2 aliphatic rings. The van der Waals surface area contributed by atoms with Crippen LogP contribution in [0.5, 0.6) is 0 Å². The normalized spacial score (nSPS) is 31.9. The van der Waals surface area contributed by atoms with Crippen LogP contribution < -0.4 is 0 Å². The molecule has 4 heteroatoms. The zero-order valence-corrected chi connectivity index (χ0v) is 19.0. The van der Waals surface area contributed by atoms with Gasteiger partial charge in [0, 0.05) is 11.8 Å². The van der Waals surface area contributed by atoms with Crippen LogP contribution in [0.3, 0.4) is 0 Å². The van der Waals surface area contributed by atoms with E-state index in [1.807, 2.05) is 0 Å². The van der Waals surface area contributed by atoms with Crippen LogP contribution >= 0.6 is 0 Å². The van der Waals surface area contributed by atoms with E-state index < -0.39 is 16.6 Å². The van der Waals surface area contributed by atoms with Crippen LogP contribution in [-0.2, 0) is 8.85 Å². The van der Waals surface area contributed by atoms with Gasteiger partial charge in [-0.3, -0.25) is 0 Å². The van der Waals surface area contributed by atoms with Crippen LogP contribution in [-0.4, -0.2) is 28.8 Å². The van der Waals surface area contributed by atoms with Crippen molar-refractivity contribution in [1.82, 2.24) is 0 Å². The SMILES string of the molecule is CC(C)(C)[Si](C)(C)O[C@H]1C[C@@H](O[Si](C)(C)C(C)(C)C)[C@@H]2C=C[C@@H]21. The van der Waals surface area contributed by atoms with E-state index in [1.54, 1.807) is 0 Å². The lowest BCUT2D eigenvalue weighted by Crippen LogP contribution is -2.45. The van der Waals surface area contributed by atoms with Gasteiger partial charge in [-0.25, -0.2) is 0 Å². The number of hydrogen-bond donors (Lipinski definition) is 0. The summed E-state index contributed by atoms with van der Waals surface area (Å²) in [5, 5.41) is 0.544. The Morgan fingerprint density at radius 2 is 1.00 bits per heavy atom. The molecule has 23 heavy (non-hydrogen) atoms. The van der Waals surface area contributed by atoms with E-state index in [0.29, 0.717) is 24.0 Å². The van der Waals surface area contributed by atoms with Gasteiger partial charge >= 0.3 is 0 Å². The fourth-order valence-electron chi connectivity index (χ4n) is 3.02. The van der Waals surface area contributed by atoms with Gasteiger partial charge in [0.25, 0.3) is 0 Å². The monoisotopic (exact) mass is 354 g/mol. The lowest BCUT2D eigenvalue weighted by molar-refractivity contribution is 0.137. The third kappa shape index (κ3) is 3.70. The first-order chi connectivity index (χ1) is 10.2. The smallest absolute Gasteiger partial charge is 0.192 e. The van der Waals surface area contributed by atoms with Crippen molar-refractivity contribution in [1.29, 1.82) is 0 Å². The standard InChI is InChI=1S/C19H38O2Si2/c1-18(2,3)22(7,8)20-16-13-17(15-12-11-14(15)16)21-23(9,10)19(4,5)6/h11-12,14-17H,13H2,1-10H3/t14-,15+,16-,17+. The molecular weight excluding hydrogens is 316 g/mol. The molecule has 0 unspecified atom stereocenters. The van der Waals surface area contributed by atoms with Gasteiger partial charge in [0.2, 0.25) is 0 Å². The minimum atomic E-state index is -1.71. The molecule has 0 radical (unpaired) electrons. The lowest BCUT2D eigenvalue weighted by Gasteiger charge is -2.41. The summed E-state index contributed by atoms with van der Waals surface area (Å²) in [5.74, 6) is 1.16. The summed E-state index contributed by atoms with van der Waals surface area (Å²) in [6, 6.07) is 0. The Kier molecular flexibility index (Phi) is 4.91. The summed E-state index contributed by atoms with van der Waals surface area (Å²) in [5.41, 5.74) is 0. The van der Waals surface area contributed by atoms with Crippen LogP contribution in [0.15, 0.2) is 12.2 Å². The maximum Gasteiger partial charge on any atom is 0.192 e. The first-order valence-electron chi connectivity index (χ1n) is 9.20. The highest BCUT2D eigenvalue weighted by atomic mass is 28.4. The molecule has 0 spiro atoms. The largest absolute Gasteiger partial charge is 0.413 e. The number of rotatable bonds is 4. The van der Waals surface area contributed by atoms with Crippen molar-refractivity contribution in [2.24, 2.45) is 11.8 Å². The summed E-state index contributed by atoms with van der Waals surface area (Å²) in [6.45, 7) is 23.4. The van der Waals surface area contributed by atoms with Crippen molar-refractivity contribution in [3.05, 3.63) is 12.2 Å². The van der Waals surface area contributed by atoms with Gasteiger partial charge in [-0.1, -0.05) is 53.7 Å². The second-order valence-electron chi connectivity index (χ2n) is 10.6. The molecule has 1 saturated carbocycles. The molecule has 0 N–H and O–H groups in total. The third-order valence-electron chi connectivity index (χ3n) is 6.83. The van der Waals surface area contributed by atoms with Crippen molar-refractivity contribution < 1.29 is 8.85 Å². The van der Waals surface area contributed by atoms with Gasteiger partial charge in [-0.15, -0.1) is 0 Å². The Bertz CT molecular complexity index is 427. The van der Waals surface area contributed by atoms with Crippen molar-refractivity contribution in [2.45, 2.75) is 96.4 Å². The Morgan fingerprint density at radius 1 is 0.696 bits per heavy atom. The first kappa shape index (κ1) is 19.4. The second kappa shape index (κ2) is 5.82. The highest BCUT2D eigenvalue weighted by molar-refractivity contribution is 6.74. The van der Waals surface area contributed by atoms with Gasteiger partial charge in [0.05, 0.1) is 12.2 Å². The van der Waals surface area contributed by atoms with Gasteiger partial charge in [0.15, 0.2) is 16.6 Å². The van der Waals surface area contributed by atoms with Crippen LogP contribution in [0.1, 0.15) is 48.0 Å². The predicted molar refractivity (Wildman–Crippen MR) is 105 cm³/mol. The van der Waals surface area contributed by atoms with Crippen LogP contribution in [0.2, 0.25) is 36.3 Å². The van der Waals surface area contributed by atoms with Crippen molar-refractivity contribution in [3.8, 4) is 0 Å². The summed E-state index contributed by atoms with van der Waals surface area (Å²) >= 11 is 0. The second-order valence-corrected chi connectivity index (χ2v) is 20.1. The Morgan fingerprint density at radius 3 is 1.22 bits per heavy atom. The molecule has 0 aromatic carbocycles. The number of fused-ring (bicyclic) bond motifs is 1. The van der Waals surface area contributed by atoms with E-state index in [1.165, 1.54) is 0 Å². The molecule has 4 atom stereocenters. The van der Waals surface area contributed by atoms with Crippen molar-refractivity contribution in [3.63, 3.8) is 0 Å². The lowest BCUT2D eigenvalue weighted by atomic mass is 9.84. The molecule has 2 aliphatic carbocycles. The Hall–Kier alpha value is 0.0938. The summed E-state index contributed by atoms with van der Waals surface area (Å²) < 4.78 is 13.5. The molecule has 2 nitrogen and oxygen atoms in total. The first-order valence-corrected chi connectivity index (χ1v) is 15.0. The van der Waals surface area contributed by atoms with E-state index in [-0.39, 0.29) is 10.1 Å². The van der Waals surface area contributed by atoms with Crippen LogP contribution in [0.25, 0.3) is 0 Å². The molecular formula is C19H38O2Si2. The molecule has 134 valence electrons. The van der Waals surface area contributed by atoms with Gasteiger partial charge in [-0.05, 0) is 42.7 Å². The molecule has 0 bridgehead atoms. The van der Waals surface area contributed by atoms with Crippen LogP contribution in [0, 0.1) is 11.8 Å². The average molecular weight is 355 g/mol. The van der Waals surface area contributed by atoms with E-state index >= 15 is 0 Å². The maximum atomic E-state index is 6.75. The minimum absolute atomic E-state index is 0.272. The quantitative estimate of drug-likeness (QED) is 0.457. The topological polar surface area (TPSA) is 18.5 Å². The molecule has 0 aromatic rings. The van der Waals surface area contributed by atoms with E-state index in [4.69, 9.17) is 8.85 Å².